The molecule has 2 N–H and O–H groups in total. The second kappa shape index (κ2) is 10.9. The Kier molecular flexibility index (Phi) is 8.89. The number of aryl methyl sites for hydroxylation is 1. The highest BCUT2D eigenvalue weighted by Gasteiger charge is 2.01. The summed E-state index contributed by atoms with van der Waals surface area (Å²) in [5, 5.41) is 5.95. The standard InChI is InChI=1S/C17H21N5O.C2H6/c1-13-9-10-18-17(19-13)21-15-7-4-6-14(12-15)20-16(23)8-5-11-22(2)3;1-2/h4-10,12H,11H2,1-3H3,(H,20,23)(H,18,19,21);1-2H3/b8-5+;. The summed E-state index contributed by atoms with van der Waals surface area (Å²) in [6, 6.07) is 9.26. The lowest BCUT2D eigenvalue weighted by molar-refractivity contribution is -0.111. The number of nitrogens with zero attached hydrogens (tertiary/aromatic N) is 3. The lowest BCUT2D eigenvalue weighted by Crippen LogP contribution is -2.13. The Morgan fingerprint density at radius 3 is 2.60 bits per heavy atom. The fourth-order valence-electron chi connectivity index (χ4n) is 1.87. The maximum absolute atomic E-state index is 11.8. The van der Waals surface area contributed by atoms with Crippen molar-refractivity contribution in [2.45, 2.75) is 20.8 Å². The third kappa shape index (κ3) is 8.08. The van der Waals surface area contributed by atoms with E-state index in [1.807, 2.05) is 76.2 Å². The smallest absolute Gasteiger partial charge is 0.248 e. The van der Waals surface area contributed by atoms with E-state index in [9.17, 15) is 4.79 Å². The number of hydrogen-bond donors (Lipinski definition) is 2. The van der Waals surface area contributed by atoms with Gasteiger partial charge in [0, 0.05) is 35.9 Å². The minimum Gasteiger partial charge on any atom is -0.324 e. The van der Waals surface area contributed by atoms with Gasteiger partial charge in [-0.3, -0.25) is 4.79 Å². The van der Waals surface area contributed by atoms with E-state index in [4.69, 9.17) is 0 Å². The van der Waals surface area contributed by atoms with Crippen LogP contribution in [0.5, 0.6) is 0 Å². The Morgan fingerprint density at radius 1 is 1.20 bits per heavy atom. The van der Waals surface area contributed by atoms with E-state index in [-0.39, 0.29) is 5.91 Å². The molecule has 0 saturated heterocycles. The Hall–Kier alpha value is -2.73. The maximum atomic E-state index is 11.8. The SMILES string of the molecule is CC.Cc1ccnc(Nc2cccc(NC(=O)/C=C/CN(C)C)c2)n1. The number of nitrogens with one attached hydrogen (secondary N) is 2. The fraction of sp³-hybridized carbons (Fsp3) is 0.316. The van der Waals surface area contributed by atoms with Crippen LogP contribution in [0.4, 0.5) is 17.3 Å². The van der Waals surface area contributed by atoms with Crippen LogP contribution < -0.4 is 10.6 Å². The van der Waals surface area contributed by atoms with Gasteiger partial charge in [0.05, 0.1) is 0 Å². The number of carbonyl (C=O) groups is 1. The first-order valence-electron chi connectivity index (χ1n) is 8.32. The van der Waals surface area contributed by atoms with Crippen LogP contribution in [-0.4, -0.2) is 41.4 Å². The second-order valence-electron chi connectivity index (χ2n) is 5.38. The molecule has 0 atom stereocenters. The molecule has 25 heavy (non-hydrogen) atoms. The normalized spacial score (nSPS) is 10.3. The largest absolute Gasteiger partial charge is 0.324 e. The fourth-order valence-corrected chi connectivity index (χ4v) is 1.87. The molecule has 0 spiro atoms. The van der Waals surface area contributed by atoms with E-state index in [0.717, 1.165) is 17.9 Å². The maximum Gasteiger partial charge on any atom is 0.248 e. The van der Waals surface area contributed by atoms with Crippen molar-refractivity contribution >= 4 is 23.2 Å². The molecular weight excluding hydrogens is 314 g/mol. The Balaban J connectivity index is 0.00000151. The van der Waals surface area contributed by atoms with Gasteiger partial charge in [0.25, 0.3) is 0 Å². The molecule has 2 aromatic rings. The number of benzene rings is 1. The van der Waals surface area contributed by atoms with Gasteiger partial charge in [-0.15, -0.1) is 0 Å². The van der Waals surface area contributed by atoms with Gasteiger partial charge in [0.1, 0.15) is 0 Å². The molecule has 0 unspecified atom stereocenters. The van der Waals surface area contributed by atoms with Crippen molar-refractivity contribution in [3.05, 3.63) is 54.4 Å². The second-order valence-corrected chi connectivity index (χ2v) is 5.38. The van der Waals surface area contributed by atoms with Gasteiger partial charge in [-0.1, -0.05) is 26.0 Å². The van der Waals surface area contributed by atoms with Crippen LogP contribution in [0, 0.1) is 6.92 Å². The van der Waals surface area contributed by atoms with Crippen molar-refractivity contribution in [3.63, 3.8) is 0 Å². The van der Waals surface area contributed by atoms with Gasteiger partial charge in [0.15, 0.2) is 0 Å². The van der Waals surface area contributed by atoms with Crippen molar-refractivity contribution in [1.82, 2.24) is 14.9 Å². The average Bonchev–Trinajstić information content (AvgIpc) is 2.56. The molecule has 1 aromatic heterocycles. The zero-order valence-electron chi connectivity index (χ0n) is 15.6. The van der Waals surface area contributed by atoms with Gasteiger partial charge in [-0.05, 0) is 45.3 Å². The molecule has 2 rings (SSSR count). The number of rotatable bonds is 6. The van der Waals surface area contributed by atoms with E-state index < -0.39 is 0 Å². The van der Waals surface area contributed by atoms with Crippen LogP contribution in [0.15, 0.2) is 48.7 Å². The first-order chi connectivity index (χ1) is 12.0. The molecule has 0 bridgehead atoms. The highest BCUT2D eigenvalue weighted by Crippen LogP contribution is 2.18. The number of hydrogen-bond acceptors (Lipinski definition) is 5. The monoisotopic (exact) mass is 341 g/mol. The summed E-state index contributed by atoms with van der Waals surface area (Å²) < 4.78 is 0. The van der Waals surface area contributed by atoms with Gasteiger partial charge in [0.2, 0.25) is 11.9 Å². The number of amides is 1. The van der Waals surface area contributed by atoms with Crippen molar-refractivity contribution in [2.75, 3.05) is 31.3 Å². The molecular formula is C19H27N5O. The molecule has 6 heteroatoms. The van der Waals surface area contributed by atoms with Crippen LogP contribution >= 0.6 is 0 Å². The van der Waals surface area contributed by atoms with E-state index in [2.05, 4.69) is 20.6 Å². The lowest BCUT2D eigenvalue weighted by atomic mass is 10.2. The highest BCUT2D eigenvalue weighted by atomic mass is 16.1. The van der Waals surface area contributed by atoms with E-state index in [0.29, 0.717) is 11.6 Å². The Morgan fingerprint density at radius 2 is 1.92 bits per heavy atom. The molecule has 0 aliphatic rings. The predicted molar refractivity (Wildman–Crippen MR) is 104 cm³/mol. The topological polar surface area (TPSA) is 70.2 Å². The van der Waals surface area contributed by atoms with Crippen LogP contribution in [0.1, 0.15) is 19.5 Å². The minimum absolute atomic E-state index is 0.157. The molecule has 0 saturated carbocycles. The van der Waals surface area contributed by atoms with Crippen molar-refractivity contribution in [3.8, 4) is 0 Å². The highest BCUT2D eigenvalue weighted by molar-refractivity contribution is 5.99. The van der Waals surface area contributed by atoms with Crippen LogP contribution in [0.3, 0.4) is 0 Å². The number of likely N-dealkylation sites (N-methyl/N-ethyl adjacent to an activating group) is 1. The van der Waals surface area contributed by atoms with Crippen LogP contribution in [0.25, 0.3) is 0 Å². The molecule has 0 fully saturated rings. The summed E-state index contributed by atoms with van der Waals surface area (Å²) >= 11 is 0. The summed E-state index contributed by atoms with van der Waals surface area (Å²) in [7, 11) is 3.90. The first kappa shape index (κ1) is 20.3. The summed E-state index contributed by atoms with van der Waals surface area (Å²) in [5.74, 6) is 0.371. The van der Waals surface area contributed by atoms with Crippen molar-refractivity contribution in [2.24, 2.45) is 0 Å². The summed E-state index contributed by atoms with van der Waals surface area (Å²) in [5.41, 5.74) is 2.41. The third-order valence-corrected chi connectivity index (χ3v) is 2.92. The zero-order chi connectivity index (χ0) is 18.7. The number of carbonyl (C=O) groups excluding carboxylic acids is 1. The van der Waals surface area contributed by atoms with E-state index >= 15 is 0 Å². The Bertz CT molecular complexity index is 698. The molecule has 1 heterocycles. The first-order valence-corrected chi connectivity index (χ1v) is 8.32. The minimum atomic E-state index is -0.157. The average molecular weight is 341 g/mol. The van der Waals surface area contributed by atoms with E-state index in [1.165, 1.54) is 6.08 Å². The van der Waals surface area contributed by atoms with Crippen LogP contribution in [-0.2, 0) is 4.79 Å². The summed E-state index contributed by atoms with van der Waals surface area (Å²) in [4.78, 5) is 22.3. The quantitative estimate of drug-likeness (QED) is 0.786. The molecule has 0 aliphatic carbocycles. The number of anilines is 3. The third-order valence-electron chi connectivity index (χ3n) is 2.92. The van der Waals surface area contributed by atoms with Crippen molar-refractivity contribution in [1.29, 1.82) is 0 Å². The van der Waals surface area contributed by atoms with Gasteiger partial charge < -0.3 is 15.5 Å². The molecule has 0 radical (unpaired) electrons. The van der Waals surface area contributed by atoms with Gasteiger partial charge >= 0.3 is 0 Å². The predicted octanol–water partition coefficient (Wildman–Crippen LogP) is 3.61. The molecule has 0 aliphatic heterocycles. The van der Waals surface area contributed by atoms with Crippen molar-refractivity contribution < 1.29 is 4.79 Å². The summed E-state index contributed by atoms with van der Waals surface area (Å²) in [6.45, 7) is 6.63. The molecule has 1 aromatic carbocycles. The van der Waals surface area contributed by atoms with Crippen LogP contribution in [0.2, 0.25) is 0 Å². The summed E-state index contributed by atoms with van der Waals surface area (Å²) in [6.07, 6.45) is 5.05. The number of aromatic nitrogens is 2. The molecule has 1 amide bonds. The van der Waals surface area contributed by atoms with Gasteiger partial charge in [-0.2, -0.15) is 0 Å². The zero-order valence-corrected chi connectivity index (χ0v) is 15.6. The Labute approximate surface area is 150 Å². The molecule has 134 valence electrons. The van der Waals surface area contributed by atoms with E-state index in [1.54, 1.807) is 6.20 Å². The molecule has 6 nitrogen and oxygen atoms in total. The lowest BCUT2D eigenvalue weighted by Gasteiger charge is -2.08. The van der Waals surface area contributed by atoms with Gasteiger partial charge in [-0.25, -0.2) is 9.97 Å².